The van der Waals surface area contributed by atoms with Crippen molar-refractivity contribution in [3.8, 4) is 0 Å². The first-order valence-electron chi connectivity index (χ1n) is 9.30. The largest absolute Gasteiger partial charge is 0.372 e. The first-order chi connectivity index (χ1) is 13.0. The lowest BCUT2D eigenvalue weighted by molar-refractivity contribution is -0.00539. The second-order valence-electron chi connectivity index (χ2n) is 6.94. The minimum atomic E-state index is -0.349. The summed E-state index contributed by atoms with van der Waals surface area (Å²) in [5, 5.41) is 5.47. The third-order valence-corrected chi connectivity index (χ3v) is 4.51. The van der Waals surface area contributed by atoms with Crippen molar-refractivity contribution in [2.24, 2.45) is 0 Å². The van der Waals surface area contributed by atoms with Crippen molar-refractivity contribution in [3.05, 3.63) is 59.9 Å². The second-order valence-corrected chi connectivity index (χ2v) is 6.94. The number of morpholine rings is 1. The van der Waals surface area contributed by atoms with Gasteiger partial charge in [-0.15, -0.1) is 0 Å². The van der Waals surface area contributed by atoms with E-state index in [-0.39, 0.29) is 24.1 Å². The monoisotopic (exact) mass is 371 g/mol. The van der Waals surface area contributed by atoms with Crippen LogP contribution in [-0.2, 0) is 11.2 Å². The number of hydrogen-bond donors (Lipinski definition) is 2. The van der Waals surface area contributed by atoms with Gasteiger partial charge < -0.3 is 20.3 Å². The summed E-state index contributed by atoms with van der Waals surface area (Å²) in [5.41, 5.74) is 2.12. The fraction of sp³-hybridized carbons (Fsp3) is 0.381. The molecule has 2 amide bonds. The third kappa shape index (κ3) is 5.44. The van der Waals surface area contributed by atoms with E-state index in [2.05, 4.69) is 10.6 Å². The van der Waals surface area contributed by atoms with Gasteiger partial charge in [-0.25, -0.2) is 9.18 Å². The molecule has 2 aromatic carbocycles. The smallest absolute Gasteiger partial charge is 0.319 e. The summed E-state index contributed by atoms with van der Waals surface area (Å²) in [6, 6.07) is 14.4. The molecule has 2 aromatic rings. The molecule has 144 valence electrons. The van der Waals surface area contributed by atoms with E-state index in [4.69, 9.17) is 4.74 Å². The molecule has 5 nitrogen and oxygen atoms in total. The number of amides is 2. The number of ether oxygens (including phenoxy) is 1. The molecule has 1 heterocycles. The van der Waals surface area contributed by atoms with Crippen LogP contribution < -0.4 is 15.5 Å². The first-order valence-corrected chi connectivity index (χ1v) is 9.30. The molecule has 0 aliphatic carbocycles. The zero-order chi connectivity index (χ0) is 19.2. The molecule has 1 fully saturated rings. The van der Waals surface area contributed by atoms with E-state index in [0.717, 1.165) is 12.0 Å². The molecule has 2 unspecified atom stereocenters. The van der Waals surface area contributed by atoms with Gasteiger partial charge in [-0.3, -0.25) is 0 Å². The van der Waals surface area contributed by atoms with E-state index < -0.39 is 0 Å². The molecule has 0 bridgehead atoms. The maximum absolute atomic E-state index is 14.6. The molecular formula is C21H26FN3O2. The minimum absolute atomic E-state index is 0.0568. The maximum atomic E-state index is 14.6. The summed E-state index contributed by atoms with van der Waals surface area (Å²) in [7, 11) is 0. The number of rotatable bonds is 5. The molecule has 0 saturated carbocycles. The van der Waals surface area contributed by atoms with Crippen LogP contribution >= 0.6 is 0 Å². The van der Waals surface area contributed by atoms with Crippen molar-refractivity contribution < 1.29 is 13.9 Å². The Bertz CT molecular complexity index is 759. The Labute approximate surface area is 159 Å². The van der Waals surface area contributed by atoms with Gasteiger partial charge in [0.2, 0.25) is 0 Å². The summed E-state index contributed by atoms with van der Waals surface area (Å²) >= 11 is 0. The molecule has 2 N–H and O–H groups in total. The van der Waals surface area contributed by atoms with Crippen molar-refractivity contribution in [1.29, 1.82) is 0 Å². The van der Waals surface area contributed by atoms with Crippen molar-refractivity contribution >= 4 is 17.4 Å². The maximum Gasteiger partial charge on any atom is 0.319 e. The number of carbonyl (C=O) groups is 1. The number of hydrogen-bond acceptors (Lipinski definition) is 3. The summed E-state index contributed by atoms with van der Waals surface area (Å²) < 4.78 is 20.3. The summed E-state index contributed by atoms with van der Waals surface area (Å²) in [6.07, 6.45) is 0.859. The highest BCUT2D eigenvalue weighted by atomic mass is 19.1. The zero-order valence-corrected chi connectivity index (χ0v) is 15.7. The van der Waals surface area contributed by atoms with Crippen LogP contribution in [0.1, 0.15) is 19.4 Å². The topological polar surface area (TPSA) is 53.6 Å². The molecule has 0 radical (unpaired) electrons. The van der Waals surface area contributed by atoms with E-state index >= 15 is 0 Å². The molecule has 0 aromatic heterocycles. The van der Waals surface area contributed by atoms with Gasteiger partial charge in [0.1, 0.15) is 5.82 Å². The number of nitrogens with zero attached hydrogens (tertiary/aromatic N) is 1. The van der Waals surface area contributed by atoms with Crippen LogP contribution in [0.15, 0.2) is 48.5 Å². The van der Waals surface area contributed by atoms with Gasteiger partial charge in [0.05, 0.1) is 17.9 Å². The quantitative estimate of drug-likeness (QED) is 0.840. The average Bonchev–Trinajstić information content (AvgIpc) is 2.62. The van der Waals surface area contributed by atoms with E-state index in [1.54, 1.807) is 12.1 Å². The second kappa shape index (κ2) is 8.86. The summed E-state index contributed by atoms with van der Waals surface area (Å²) in [6.45, 7) is 5.77. The van der Waals surface area contributed by atoms with Crippen LogP contribution in [0.25, 0.3) is 0 Å². The van der Waals surface area contributed by atoms with Gasteiger partial charge in [0.15, 0.2) is 0 Å². The molecule has 0 spiro atoms. The highest BCUT2D eigenvalue weighted by Gasteiger charge is 2.24. The first kappa shape index (κ1) is 19.2. The normalized spacial score (nSPS) is 19.6. The van der Waals surface area contributed by atoms with Crippen LogP contribution in [0.5, 0.6) is 0 Å². The highest BCUT2D eigenvalue weighted by Crippen LogP contribution is 2.26. The fourth-order valence-corrected chi connectivity index (χ4v) is 3.36. The van der Waals surface area contributed by atoms with Gasteiger partial charge in [0.25, 0.3) is 0 Å². The Morgan fingerprint density at radius 2 is 1.85 bits per heavy atom. The Balaban J connectivity index is 1.53. The van der Waals surface area contributed by atoms with Crippen LogP contribution in [0.4, 0.5) is 20.6 Å². The predicted molar refractivity (Wildman–Crippen MR) is 106 cm³/mol. The lowest BCUT2D eigenvalue weighted by atomic mass is 10.1. The van der Waals surface area contributed by atoms with Crippen molar-refractivity contribution in [2.75, 3.05) is 29.9 Å². The number of carbonyl (C=O) groups excluding carboxylic acids is 1. The van der Waals surface area contributed by atoms with Crippen LogP contribution in [0.3, 0.4) is 0 Å². The molecule has 1 aliphatic heterocycles. The number of halogens is 1. The van der Waals surface area contributed by atoms with Crippen LogP contribution in [0.2, 0.25) is 0 Å². The number of urea groups is 1. The third-order valence-electron chi connectivity index (χ3n) is 4.51. The van der Waals surface area contributed by atoms with Gasteiger partial charge in [-0.1, -0.05) is 30.3 Å². The van der Waals surface area contributed by atoms with Crippen LogP contribution in [0, 0.1) is 5.82 Å². The van der Waals surface area contributed by atoms with Gasteiger partial charge in [-0.2, -0.15) is 0 Å². The number of nitrogens with one attached hydrogen (secondary N) is 2. The fourth-order valence-electron chi connectivity index (χ4n) is 3.36. The van der Waals surface area contributed by atoms with E-state index in [1.165, 1.54) is 6.07 Å². The molecule has 6 heteroatoms. The molecular weight excluding hydrogens is 345 g/mol. The Morgan fingerprint density at radius 1 is 1.15 bits per heavy atom. The van der Waals surface area contributed by atoms with E-state index in [0.29, 0.717) is 31.0 Å². The Kier molecular flexibility index (Phi) is 6.29. The van der Waals surface area contributed by atoms with Crippen molar-refractivity contribution in [2.45, 2.75) is 32.5 Å². The molecule has 1 saturated heterocycles. The van der Waals surface area contributed by atoms with Crippen molar-refractivity contribution in [1.82, 2.24) is 5.32 Å². The van der Waals surface area contributed by atoms with Crippen molar-refractivity contribution in [3.63, 3.8) is 0 Å². The van der Waals surface area contributed by atoms with E-state index in [9.17, 15) is 9.18 Å². The Hall–Kier alpha value is -2.60. The predicted octanol–water partition coefficient (Wildman–Crippen LogP) is 3.80. The zero-order valence-electron chi connectivity index (χ0n) is 15.7. The SMILES string of the molecule is CC1CN(c2ccc(NC(=O)NCCc3ccccc3)cc2F)CC(C)O1. The van der Waals surface area contributed by atoms with E-state index in [1.807, 2.05) is 49.1 Å². The minimum Gasteiger partial charge on any atom is -0.372 e. The molecule has 1 aliphatic rings. The molecule has 3 rings (SSSR count). The van der Waals surface area contributed by atoms with Crippen LogP contribution in [-0.4, -0.2) is 37.9 Å². The number of anilines is 2. The molecule has 27 heavy (non-hydrogen) atoms. The van der Waals surface area contributed by atoms with Gasteiger partial charge >= 0.3 is 6.03 Å². The average molecular weight is 371 g/mol. The van der Waals surface area contributed by atoms with Gasteiger partial charge in [0, 0.05) is 25.3 Å². The lowest BCUT2D eigenvalue weighted by Gasteiger charge is -2.37. The lowest BCUT2D eigenvalue weighted by Crippen LogP contribution is -2.45. The summed E-state index contributed by atoms with van der Waals surface area (Å²) in [5.74, 6) is -0.349. The van der Waals surface area contributed by atoms with Gasteiger partial charge in [-0.05, 0) is 44.0 Å². The highest BCUT2D eigenvalue weighted by molar-refractivity contribution is 5.89. The summed E-state index contributed by atoms with van der Waals surface area (Å²) in [4.78, 5) is 14.0. The number of benzene rings is 2. The standard InChI is InChI=1S/C21H26FN3O2/c1-15-13-25(14-16(2)27-15)20-9-8-18(12-19(20)22)24-21(26)23-11-10-17-6-4-3-5-7-17/h3-9,12,15-16H,10-11,13-14H2,1-2H3,(H2,23,24,26). The molecule has 2 atom stereocenters. The Morgan fingerprint density at radius 3 is 2.52 bits per heavy atom.